The third-order valence-electron chi connectivity index (χ3n) is 2.72. The minimum absolute atomic E-state index is 0.224. The van der Waals surface area contributed by atoms with E-state index in [0.29, 0.717) is 12.3 Å². The van der Waals surface area contributed by atoms with Crippen molar-refractivity contribution in [2.24, 2.45) is 0 Å². The van der Waals surface area contributed by atoms with Crippen molar-refractivity contribution in [1.82, 2.24) is 15.3 Å². The van der Waals surface area contributed by atoms with Crippen molar-refractivity contribution in [2.75, 3.05) is 12.8 Å². The summed E-state index contributed by atoms with van der Waals surface area (Å²) >= 11 is 0. The molecule has 1 aromatic heterocycles. The summed E-state index contributed by atoms with van der Waals surface area (Å²) in [6.07, 6.45) is 4.54. The van der Waals surface area contributed by atoms with Gasteiger partial charge in [0.05, 0.1) is 4.90 Å². The minimum Gasteiger partial charge on any atom is -0.424 e. The lowest BCUT2D eigenvalue weighted by Gasteiger charge is -2.05. The van der Waals surface area contributed by atoms with E-state index in [0.717, 1.165) is 18.4 Å². The lowest BCUT2D eigenvalue weighted by molar-refractivity contribution is 0.440. The molecule has 0 aliphatic rings. The van der Waals surface area contributed by atoms with E-state index < -0.39 is 9.84 Å². The van der Waals surface area contributed by atoms with Crippen LogP contribution in [0.4, 0.5) is 0 Å². The zero-order chi connectivity index (χ0) is 15.3. The average molecular weight is 307 g/mol. The van der Waals surface area contributed by atoms with Gasteiger partial charge in [0.25, 0.3) is 0 Å². The van der Waals surface area contributed by atoms with Gasteiger partial charge in [-0.15, -0.1) is 0 Å². The standard InChI is InChI=1S/C14H17N3O3S/c1-3-15-8-11-9-16-14(17-10-11)20-12-4-6-13(7-5-12)21(2,18)19/h4-7,9-10,15H,3,8H2,1-2H3. The first-order valence-electron chi connectivity index (χ1n) is 6.48. The summed E-state index contributed by atoms with van der Waals surface area (Å²) < 4.78 is 28.2. The first kappa shape index (κ1) is 15.4. The maximum Gasteiger partial charge on any atom is 0.321 e. The third-order valence-corrected chi connectivity index (χ3v) is 3.85. The predicted octanol–water partition coefficient (Wildman–Crippen LogP) is 1.78. The Morgan fingerprint density at radius 1 is 1.14 bits per heavy atom. The quantitative estimate of drug-likeness (QED) is 0.876. The number of nitrogens with one attached hydrogen (secondary N) is 1. The normalized spacial score (nSPS) is 11.3. The van der Waals surface area contributed by atoms with Crippen LogP contribution in [0.5, 0.6) is 11.8 Å². The maximum absolute atomic E-state index is 11.4. The number of rotatable bonds is 6. The molecule has 21 heavy (non-hydrogen) atoms. The largest absolute Gasteiger partial charge is 0.424 e. The van der Waals surface area contributed by atoms with Gasteiger partial charge in [0.15, 0.2) is 9.84 Å². The summed E-state index contributed by atoms with van der Waals surface area (Å²) in [5, 5.41) is 3.18. The molecule has 0 radical (unpaired) electrons. The number of sulfone groups is 1. The van der Waals surface area contributed by atoms with Crippen molar-refractivity contribution in [3.05, 3.63) is 42.2 Å². The van der Waals surface area contributed by atoms with Crippen LogP contribution in [-0.2, 0) is 16.4 Å². The Kier molecular flexibility index (Phi) is 4.87. The highest BCUT2D eigenvalue weighted by Gasteiger charge is 2.07. The van der Waals surface area contributed by atoms with Crippen LogP contribution in [0.2, 0.25) is 0 Å². The summed E-state index contributed by atoms with van der Waals surface area (Å²) in [6, 6.07) is 6.36. The van der Waals surface area contributed by atoms with Gasteiger partial charge in [-0.25, -0.2) is 18.4 Å². The van der Waals surface area contributed by atoms with E-state index in [2.05, 4.69) is 15.3 Å². The highest BCUT2D eigenvalue weighted by Crippen LogP contribution is 2.20. The highest BCUT2D eigenvalue weighted by molar-refractivity contribution is 7.90. The van der Waals surface area contributed by atoms with Crippen molar-refractivity contribution in [2.45, 2.75) is 18.4 Å². The first-order valence-corrected chi connectivity index (χ1v) is 8.38. The van der Waals surface area contributed by atoms with Crippen molar-refractivity contribution < 1.29 is 13.2 Å². The summed E-state index contributed by atoms with van der Waals surface area (Å²) in [4.78, 5) is 8.46. The van der Waals surface area contributed by atoms with E-state index in [1.165, 1.54) is 12.1 Å². The molecule has 0 spiro atoms. The topological polar surface area (TPSA) is 81.2 Å². The van der Waals surface area contributed by atoms with Crippen molar-refractivity contribution in [3.8, 4) is 11.8 Å². The zero-order valence-electron chi connectivity index (χ0n) is 11.9. The Morgan fingerprint density at radius 2 is 1.76 bits per heavy atom. The molecule has 0 unspecified atom stereocenters. The fourth-order valence-corrected chi connectivity index (χ4v) is 2.25. The fourth-order valence-electron chi connectivity index (χ4n) is 1.62. The SMILES string of the molecule is CCNCc1cnc(Oc2ccc(S(C)(=O)=O)cc2)nc1. The molecule has 0 fully saturated rings. The molecule has 0 aliphatic heterocycles. The van der Waals surface area contributed by atoms with Crippen molar-refractivity contribution in [3.63, 3.8) is 0 Å². The average Bonchev–Trinajstić information content (AvgIpc) is 2.46. The molecule has 1 aromatic carbocycles. The van der Waals surface area contributed by atoms with Gasteiger partial charge in [-0.3, -0.25) is 0 Å². The Bertz CT molecular complexity index is 682. The molecule has 0 aliphatic carbocycles. The molecule has 0 saturated heterocycles. The molecule has 2 aromatic rings. The monoisotopic (exact) mass is 307 g/mol. The van der Waals surface area contributed by atoms with Gasteiger partial charge in [0, 0.05) is 30.8 Å². The first-order chi connectivity index (χ1) is 9.99. The number of hydrogen-bond acceptors (Lipinski definition) is 6. The van der Waals surface area contributed by atoms with E-state index in [4.69, 9.17) is 4.74 Å². The van der Waals surface area contributed by atoms with Crippen LogP contribution in [0.15, 0.2) is 41.6 Å². The third kappa shape index (κ3) is 4.51. The second-order valence-electron chi connectivity index (χ2n) is 4.50. The van der Waals surface area contributed by atoms with Gasteiger partial charge in [-0.1, -0.05) is 6.92 Å². The lowest BCUT2D eigenvalue weighted by Crippen LogP contribution is -2.12. The fraction of sp³-hybridized carbons (Fsp3) is 0.286. The summed E-state index contributed by atoms with van der Waals surface area (Å²) in [5.74, 6) is 0.488. The Hall–Kier alpha value is -1.99. The maximum atomic E-state index is 11.4. The van der Waals surface area contributed by atoms with E-state index >= 15 is 0 Å². The van der Waals surface area contributed by atoms with Gasteiger partial charge >= 0.3 is 6.01 Å². The van der Waals surface area contributed by atoms with Gasteiger partial charge in [-0.05, 0) is 30.8 Å². The summed E-state index contributed by atoms with van der Waals surface area (Å²) in [6.45, 7) is 3.61. The second-order valence-corrected chi connectivity index (χ2v) is 6.52. The Morgan fingerprint density at radius 3 is 2.29 bits per heavy atom. The molecular formula is C14H17N3O3S. The van der Waals surface area contributed by atoms with Crippen LogP contribution in [0.25, 0.3) is 0 Å². The van der Waals surface area contributed by atoms with E-state index in [-0.39, 0.29) is 10.9 Å². The van der Waals surface area contributed by atoms with E-state index in [9.17, 15) is 8.42 Å². The van der Waals surface area contributed by atoms with E-state index in [1.807, 2.05) is 6.92 Å². The van der Waals surface area contributed by atoms with Crippen molar-refractivity contribution in [1.29, 1.82) is 0 Å². The van der Waals surface area contributed by atoms with Crippen LogP contribution in [-0.4, -0.2) is 31.2 Å². The van der Waals surface area contributed by atoms with Crippen LogP contribution >= 0.6 is 0 Å². The molecule has 0 amide bonds. The highest BCUT2D eigenvalue weighted by atomic mass is 32.2. The van der Waals surface area contributed by atoms with Gasteiger partial charge < -0.3 is 10.1 Å². The number of nitrogens with zero attached hydrogens (tertiary/aromatic N) is 2. The summed E-state index contributed by atoms with van der Waals surface area (Å²) in [5.41, 5.74) is 0.969. The van der Waals surface area contributed by atoms with Gasteiger partial charge in [-0.2, -0.15) is 0 Å². The second kappa shape index (κ2) is 6.64. The number of hydrogen-bond donors (Lipinski definition) is 1. The van der Waals surface area contributed by atoms with E-state index in [1.54, 1.807) is 24.5 Å². The van der Waals surface area contributed by atoms with Gasteiger partial charge in [0.2, 0.25) is 0 Å². The molecule has 112 valence electrons. The Balaban J connectivity index is 2.04. The predicted molar refractivity (Wildman–Crippen MR) is 79.0 cm³/mol. The van der Waals surface area contributed by atoms with Crippen LogP contribution in [0.3, 0.4) is 0 Å². The minimum atomic E-state index is -3.20. The molecular weight excluding hydrogens is 290 g/mol. The Labute approximate surface area is 124 Å². The molecule has 2 rings (SSSR count). The zero-order valence-corrected chi connectivity index (χ0v) is 12.7. The molecule has 1 N–H and O–H groups in total. The van der Waals surface area contributed by atoms with Gasteiger partial charge in [0.1, 0.15) is 5.75 Å². The molecule has 0 bridgehead atoms. The number of aromatic nitrogens is 2. The molecule has 6 nitrogen and oxygen atoms in total. The molecule has 0 atom stereocenters. The summed E-state index contributed by atoms with van der Waals surface area (Å²) in [7, 11) is -3.20. The molecule has 7 heteroatoms. The molecule has 0 saturated carbocycles. The van der Waals surface area contributed by atoms with Crippen LogP contribution in [0.1, 0.15) is 12.5 Å². The lowest BCUT2D eigenvalue weighted by atomic mass is 10.3. The number of ether oxygens (including phenoxy) is 1. The number of benzene rings is 1. The van der Waals surface area contributed by atoms with Crippen LogP contribution < -0.4 is 10.1 Å². The smallest absolute Gasteiger partial charge is 0.321 e. The van der Waals surface area contributed by atoms with Crippen LogP contribution in [0, 0.1) is 0 Å². The molecule has 1 heterocycles. The van der Waals surface area contributed by atoms with Crippen molar-refractivity contribution >= 4 is 9.84 Å².